The molecular weight excluding hydrogens is 198 g/mol. The van der Waals surface area contributed by atoms with E-state index in [1.165, 1.54) is 7.11 Å². The normalized spacial score (nSPS) is 25.1. The van der Waals surface area contributed by atoms with Crippen molar-refractivity contribution in [3.05, 3.63) is 0 Å². The predicted molar refractivity (Wildman–Crippen MR) is 54.7 cm³/mol. The molecule has 0 saturated carbocycles. The highest BCUT2D eigenvalue weighted by Crippen LogP contribution is 2.19. The molecule has 1 fully saturated rings. The van der Waals surface area contributed by atoms with Crippen molar-refractivity contribution in [3.63, 3.8) is 0 Å². The fourth-order valence-corrected chi connectivity index (χ4v) is 2.10. The summed E-state index contributed by atoms with van der Waals surface area (Å²) in [6.45, 7) is 0.922. The Labute approximate surface area is 89.6 Å². The first-order valence-electron chi connectivity index (χ1n) is 5.29. The number of carboxylic acids is 1. The molecule has 1 aliphatic rings. The Hall–Kier alpha value is -0.650. The predicted octanol–water partition coefficient (Wildman–Crippen LogP) is -0.0672. The SMILES string of the molecule is COCC(C(=O)O)N1CCCCC1CO. The molecule has 2 atom stereocenters. The average molecular weight is 217 g/mol. The number of ether oxygens (including phenoxy) is 1. The van der Waals surface area contributed by atoms with Crippen molar-refractivity contribution >= 4 is 5.97 Å². The standard InChI is InChI=1S/C10H19NO4/c1-15-7-9(10(13)14)11-5-3-2-4-8(11)6-12/h8-9,12H,2-7H2,1H3,(H,13,14). The van der Waals surface area contributed by atoms with Crippen LogP contribution in [0.2, 0.25) is 0 Å². The quantitative estimate of drug-likeness (QED) is 0.674. The van der Waals surface area contributed by atoms with E-state index < -0.39 is 12.0 Å². The molecule has 0 amide bonds. The van der Waals surface area contributed by atoms with E-state index in [0.29, 0.717) is 0 Å². The molecule has 5 nitrogen and oxygen atoms in total. The van der Waals surface area contributed by atoms with Gasteiger partial charge in [-0.1, -0.05) is 6.42 Å². The van der Waals surface area contributed by atoms with Crippen molar-refractivity contribution in [2.75, 3.05) is 26.9 Å². The fraction of sp³-hybridized carbons (Fsp3) is 0.900. The van der Waals surface area contributed by atoms with E-state index in [1.807, 2.05) is 4.90 Å². The van der Waals surface area contributed by atoms with E-state index in [9.17, 15) is 9.90 Å². The van der Waals surface area contributed by atoms with Gasteiger partial charge in [0.15, 0.2) is 0 Å². The second kappa shape index (κ2) is 6.05. The Morgan fingerprint density at radius 2 is 2.33 bits per heavy atom. The molecule has 1 heterocycles. The molecular formula is C10H19NO4. The molecule has 88 valence electrons. The molecule has 0 radical (unpaired) electrons. The molecule has 2 N–H and O–H groups in total. The lowest BCUT2D eigenvalue weighted by Crippen LogP contribution is -2.53. The van der Waals surface area contributed by atoms with Gasteiger partial charge >= 0.3 is 5.97 Å². The van der Waals surface area contributed by atoms with Crippen LogP contribution in [-0.4, -0.2) is 60.0 Å². The fourth-order valence-electron chi connectivity index (χ4n) is 2.10. The molecule has 15 heavy (non-hydrogen) atoms. The van der Waals surface area contributed by atoms with Gasteiger partial charge in [-0.2, -0.15) is 0 Å². The van der Waals surface area contributed by atoms with E-state index in [0.717, 1.165) is 25.8 Å². The van der Waals surface area contributed by atoms with E-state index in [4.69, 9.17) is 9.84 Å². The summed E-state index contributed by atoms with van der Waals surface area (Å²) in [5.74, 6) is -0.878. The van der Waals surface area contributed by atoms with Gasteiger partial charge in [-0.3, -0.25) is 9.69 Å². The number of aliphatic hydroxyl groups is 1. The van der Waals surface area contributed by atoms with E-state index >= 15 is 0 Å². The second-order valence-electron chi connectivity index (χ2n) is 3.88. The Bertz CT molecular complexity index is 210. The van der Waals surface area contributed by atoms with Crippen LogP contribution in [0, 0.1) is 0 Å². The zero-order valence-electron chi connectivity index (χ0n) is 9.06. The molecule has 0 aliphatic carbocycles. The molecule has 1 rings (SSSR count). The molecule has 0 aromatic heterocycles. The minimum atomic E-state index is -0.878. The summed E-state index contributed by atoms with van der Waals surface area (Å²) in [4.78, 5) is 12.9. The number of hydrogen-bond acceptors (Lipinski definition) is 4. The van der Waals surface area contributed by atoms with Gasteiger partial charge in [-0.25, -0.2) is 0 Å². The van der Waals surface area contributed by atoms with Crippen molar-refractivity contribution in [1.29, 1.82) is 0 Å². The van der Waals surface area contributed by atoms with Gasteiger partial charge < -0.3 is 14.9 Å². The molecule has 0 aromatic rings. The summed E-state index contributed by atoms with van der Waals surface area (Å²) in [6.07, 6.45) is 2.91. The number of nitrogens with zero attached hydrogens (tertiary/aromatic N) is 1. The minimum absolute atomic E-state index is 0.0213. The van der Waals surface area contributed by atoms with Crippen LogP contribution in [0.3, 0.4) is 0 Å². The highest BCUT2D eigenvalue weighted by atomic mass is 16.5. The van der Waals surface area contributed by atoms with Crippen LogP contribution in [-0.2, 0) is 9.53 Å². The molecule has 2 unspecified atom stereocenters. The maximum Gasteiger partial charge on any atom is 0.323 e. The number of hydrogen-bond donors (Lipinski definition) is 2. The van der Waals surface area contributed by atoms with E-state index in [-0.39, 0.29) is 19.3 Å². The highest BCUT2D eigenvalue weighted by Gasteiger charge is 2.32. The minimum Gasteiger partial charge on any atom is -0.480 e. The third-order valence-electron chi connectivity index (χ3n) is 2.89. The molecule has 1 aliphatic heterocycles. The smallest absolute Gasteiger partial charge is 0.323 e. The Balaban J connectivity index is 2.65. The lowest BCUT2D eigenvalue weighted by atomic mass is 10.0. The molecule has 0 spiro atoms. The van der Waals surface area contributed by atoms with Crippen molar-refractivity contribution in [1.82, 2.24) is 4.90 Å². The maximum atomic E-state index is 11.0. The first kappa shape index (κ1) is 12.4. The molecule has 1 saturated heterocycles. The van der Waals surface area contributed by atoms with Gasteiger partial charge in [0.2, 0.25) is 0 Å². The van der Waals surface area contributed by atoms with Gasteiger partial charge in [-0.05, 0) is 19.4 Å². The number of rotatable bonds is 5. The topological polar surface area (TPSA) is 70.0 Å². The summed E-state index contributed by atoms with van der Waals surface area (Å²) >= 11 is 0. The lowest BCUT2D eigenvalue weighted by Gasteiger charge is -2.38. The number of carbonyl (C=O) groups is 1. The maximum absolute atomic E-state index is 11.0. The largest absolute Gasteiger partial charge is 0.480 e. The summed E-state index contributed by atoms with van der Waals surface area (Å²) < 4.78 is 4.91. The lowest BCUT2D eigenvalue weighted by molar-refractivity contribution is -0.147. The van der Waals surface area contributed by atoms with Crippen molar-refractivity contribution < 1.29 is 19.7 Å². The van der Waals surface area contributed by atoms with Crippen LogP contribution in [0.5, 0.6) is 0 Å². The second-order valence-corrected chi connectivity index (χ2v) is 3.88. The summed E-state index contributed by atoms with van der Waals surface area (Å²) in [6, 6.07) is -0.664. The monoisotopic (exact) mass is 217 g/mol. The Morgan fingerprint density at radius 1 is 1.60 bits per heavy atom. The Kier molecular flexibility index (Phi) is 5.01. The number of aliphatic hydroxyl groups excluding tert-OH is 1. The van der Waals surface area contributed by atoms with Crippen LogP contribution in [0.4, 0.5) is 0 Å². The van der Waals surface area contributed by atoms with Gasteiger partial charge in [-0.15, -0.1) is 0 Å². The van der Waals surface area contributed by atoms with Gasteiger partial charge in [0, 0.05) is 13.2 Å². The zero-order valence-corrected chi connectivity index (χ0v) is 9.06. The van der Waals surface area contributed by atoms with Crippen molar-refractivity contribution in [2.24, 2.45) is 0 Å². The van der Waals surface area contributed by atoms with Gasteiger partial charge in [0.1, 0.15) is 6.04 Å². The summed E-state index contributed by atoms with van der Waals surface area (Å²) in [5, 5.41) is 18.3. The number of methoxy groups -OCH3 is 1. The number of aliphatic carboxylic acids is 1. The van der Waals surface area contributed by atoms with Crippen LogP contribution in [0.1, 0.15) is 19.3 Å². The highest BCUT2D eigenvalue weighted by molar-refractivity contribution is 5.73. The first-order valence-corrected chi connectivity index (χ1v) is 5.29. The van der Waals surface area contributed by atoms with Crippen LogP contribution < -0.4 is 0 Å². The van der Waals surface area contributed by atoms with Crippen LogP contribution in [0.15, 0.2) is 0 Å². The first-order chi connectivity index (χ1) is 7.20. The summed E-state index contributed by atoms with van der Waals surface area (Å²) in [7, 11) is 1.49. The van der Waals surface area contributed by atoms with E-state index in [2.05, 4.69) is 0 Å². The third-order valence-corrected chi connectivity index (χ3v) is 2.89. The molecule has 5 heteroatoms. The van der Waals surface area contributed by atoms with E-state index in [1.54, 1.807) is 0 Å². The zero-order chi connectivity index (χ0) is 11.3. The van der Waals surface area contributed by atoms with Crippen LogP contribution >= 0.6 is 0 Å². The third kappa shape index (κ3) is 3.15. The van der Waals surface area contributed by atoms with Crippen molar-refractivity contribution in [2.45, 2.75) is 31.3 Å². The number of carboxylic acid groups (broad SMARTS) is 1. The Morgan fingerprint density at radius 3 is 2.87 bits per heavy atom. The average Bonchev–Trinajstić information content (AvgIpc) is 2.25. The summed E-state index contributed by atoms with van der Waals surface area (Å²) in [5.41, 5.74) is 0. The van der Waals surface area contributed by atoms with Crippen LogP contribution in [0.25, 0.3) is 0 Å². The molecule has 0 bridgehead atoms. The van der Waals surface area contributed by atoms with Gasteiger partial charge in [0.05, 0.1) is 13.2 Å². The van der Waals surface area contributed by atoms with Gasteiger partial charge in [0.25, 0.3) is 0 Å². The van der Waals surface area contributed by atoms with Crippen molar-refractivity contribution in [3.8, 4) is 0 Å². The molecule has 0 aromatic carbocycles. The number of piperidine rings is 1. The number of likely N-dealkylation sites (tertiary alicyclic amines) is 1.